The highest BCUT2D eigenvalue weighted by atomic mass is 16.5. The van der Waals surface area contributed by atoms with Gasteiger partial charge in [0, 0.05) is 19.5 Å². The Morgan fingerprint density at radius 2 is 1.78 bits per heavy atom. The second-order valence-electron chi connectivity index (χ2n) is 12.5. The number of carbonyl (C=O) groups is 1. The molecule has 1 N–H and O–H groups in total. The van der Waals surface area contributed by atoms with Crippen LogP contribution in [0.25, 0.3) is 0 Å². The molecular formula is C28H45NO3. The molecule has 9 atom stereocenters. The Bertz CT molecular complexity index is 730. The van der Waals surface area contributed by atoms with E-state index in [0.29, 0.717) is 48.2 Å². The Morgan fingerprint density at radius 1 is 1.06 bits per heavy atom. The molecule has 4 aliphatic carbocycles. The van der Waals surface area contributed by atoms with Crippen LogP contribution >= 0.6 is 0 Å². The van der Waals surface area contributed by atoms with Crippen molar-refractivity contribution in [1.29, 1.82) is 0 Å². The minimum absolute atomic E-state index is 0.0972. The lowest BCUT2D eigenvalue weighted by atomic mass is 9.46. The van der Waals surface area contributed by atoms with Gasteiger partial charge in [0.05, 0.1) is 19.3 Å². The third-order valence-electron chi connectivity index (χ3n) is 11.1. The van der Waals surface area contributed by atoms with Crippen molar-refractivity contribution >= 4 is 5.91 Å². The number of fused-ring (bicyclic) bond motifs is 5. The molecule has 180 valence electrons. The molecule has 0 spiro atoms. The molecule has 0 aromatic heterocycles. The van der Waals surface area contributed by atoms with Gasteiger partial charge >= 0.3 is 0 Å². The SMILES string of the molecule is CC(CCC(=O)N1CCOCC1)C1CCC2C3C=CC4CC(O)CCC4(C)C3CCC12C. The molecule has 4 fully saturated rings. The number of rotatable bonds is 4. The number of hydrogen-bond donors (Lipinski definition) is 1. The molecule has 9 unspecified atom stereocenters. The molecule has 4 nitrogen and oxygen atoms in total. The molecule has 1 amide bonds. The number of amides is 1. The van der Waals surface area contributed by atoms with Crippen LogP contribution in [-0.4, -0.2) is 48.3 Å². The molecule has 4 heteroatoms. The van der Waals surface area contributed by atoms with Crippen molar-refractivity contribution in [3.05, 3.63) is 12.2 Å². The third kappa shape index (κ3) is 3.78. The Balaban J connectivity index is 1.25. The molecule has 0 aromatic rings. The maximum atomic E-state index is 12.7. The van der Waals surface area contributed by atoms with Crippen molar-refractivity contribution in [2.45, 2.75) is 84.7 Å². The smallest absolute Gasteiger partial charge is 0.222 e. The van der Waals surface area contributed by atoms with Crippen LogP contribution in [0.1, 0.15) is 78.6 Å². The molecule has 1 heterocycles. The van der Waals surface area contributed by atoms with Crippen LogP contribution in [0.3, 0.4) is 0 Å². The number of morpholine rings is 1. The number of ether oxygens (including phenoxy) is 1. The van der Waals surface area contributed by atoms with Crippen molar-refractivity contribution in [2.75, 3.05) is 26.3 Å². The van der Waals surface area contributed by atoms with Crippen molar-refractivity contribution in [3.63, 3.8) is 0 Å². The van der Waals surface area contributed by atoms with E-state index >= 15 is 0 Å². The Morgan fingerprint density at radius 3 is 2.56 bits per heavy atom. The Kier molecular flexibility index (Phi) is 6.24. The molecule has 0 aromatic carbocycles. The summed E-state index contributed by atoms with van der Waals surface area (Å²) in [6.45, 7) is 10.5. The lowest BCUT2D eigenvalue weighted by Gasteiger charge is -2.59. The normalized spacial score (nSPS) is 46.8. The summed E-state index contributed by atoms with van der Waals surface area (Å²) < 4.78 is 5.41. The fourth-order valence-corrected chi connectivity index (χ4v) is 9.10. The molecule has 0 bridgehead atoms. The van der Waals surface area contributed by atoms with Crippen molar-refractivity contribution in [2.24, 2.45) is 46.3 Å². The van der Waals surface area contributed by atoms with E-state index in [2.05, 4.69) is 32.9 Å². The predicted octanol–water partition coefficient (Wildman–Crippen LogP) is 5.06. The fraction of sp³-hybridized carbons (Fsp3) is 0.893. The minimum Gasteiger partial charge on any atom is -0.393 e. The number of carbonyl (C=O) groups excluding carboxylic acids is 1. The number of aliphatic hydroxyl groups is 1. The van der Waals surface area contributed by atoms with Crippen LogP contribution in [0.15, 0.2) is 12.2 Å². The van der Waals surface area contributed by atoms with Crippen LogP contribution in [0, 0.1) is 46.3 Å². The molecule has 5 rings (SSSR count). The van der Waals surface area contributed by atoms with Gasteiger partial charge in [0.1, 0.15) is 0 Å². The summed E-state index contributed by atoms with van der Waals surface area (Å²) in [5.41, 5.74) is 0.804. The zero-order valence-corrected chi connectivity index (χ0v) is 20.6. The zero-order valence-electron chi connectivity index (χ0n) is 20.6. The van der Waals surface area contributed by atoms with Crippen LogP contribution in [0.2, 0.25) is 0 Å². The highest BCUT2D eigenvalue weighted by Crippen LogP contribution is 2.67. The third-order valence-corrected chi connectivity index (χ3v) is 11.1. The number of aliphatic hydroxyl groups excluding tert-OH is 1. The van der Waals surface area contributed by atoms with Crippen molar-refractivity contribution < 1.29 is 14.6 Å². The first-order valence-corrected chi connectivity index (χ1v) is 13.5. The monoisotopic (exact) mass is 443 g/mol. The molecule has 5 aliphatic rings. The number of allylic oxidation sites excluding steroid dienone is 2. The predicted molar refractivity (Wildman–Crippen MR) is 127 cm³/mol. The van der Waals surface area contributed by atoms with Gasteiger partial charge in [-0.3, -0.25) is 4.79 Å². The average molecular weight is 444 g/mol. The summed E-state index contributed by atoms with van der Waals surface area (Å²) in [5.74, 6) is 4.57. The van der Waals surface area contributed by atoms with Crippen molar-refractivity contribution in [1.82, 2.24) is 4.90 Å². The maximum Gasteiger partial charge on any atom is 0.222 e. The highest BCUT2D eigenvalue weighted by molar-refractivity contribution is 5.76. The van der Waals surface area contributed by atoms with Crippen molar-refractivity contribution in [3.8, 4) is 0 Å². The summed E-state index contributed by atoms with van der Waals surface area (Å²) in [5, 5.41) is 10.3. The molecule has 1 aliphatic heterocycles. The van der Waals surface area contributed by atoms with Gasteiger partial charge in [-0.05, 0) is 97.7 Å². The van der Waals surface area contributed by atoms with Gasteiger partial charge in [-0.15, -0.1) is 0 Å². The molecular weight excluding hydrogens is 398 g/mol. The van der Waals surface area contributed by atoms with Gasteiger partial charge in [0.2, 0.25) is 5.91 Å². The largest absolute Gasteiger partial charge is 0.393 e. The van der Waals surface area contributed by atoms with E-state index < -0.39 is 0 Å². The second kappa shape index (κ2) is 8.73. The van der Waals surface area contributed by atoms with Gasteiger partial charge in [-0.1, -0.05) is 32.9 Å². The van der Waals surface area contributed by atoms with E-state index in [4.69, 9.17) is 4.74 Å². The van der Waals surface area contributed by atoms with Crippen LogP contribution in [0.5, 0.6) is 0 Å². The topological polar surface area (TPSA) is 49.8 Å². The summed E-state index contributed by atoms with van der Waals surface area (Å²) in [6, 6.07) is 0. The van der Waals surface area contributed by atoms with E-state index in [1.807, 2.05) is 4.90 Å². The Labute approximate surface area is 195 Å². The molecule has 1 saturated heterocycles. The summed E-state index contributed by atoms with van der Waals surface area (Å²) >= 11 is 0. The van der Waals surface area contributed by atoms with Gasteiger partial charge in [-0.25, -0.2) is 0 Å². The van der Waals surface area contributed by atoms with Gasteiger partial charge in [-0.2, -0.15) is 0 Å². The van der Waals surface area contributed by atoms with Gasteiger partial charge < -0.3 is 14.7 Å². The lowest BCUT2D eigenvalue weighted by molar-refractivity contribution is -0.135. The first kappa shape index (κ1) is 22.9. The van der Waals surface area contributed by atoms with Crippen LogP contribution in [0.4, 0.5) is 0 Å². The summed E-state index contributed by atoms with van der Waals surface area (Å²) in [7, 11) is 0. The zero-order chi connectivity index (χ0) is 22.5. The quantitative estimate of drug-likeness (QED) is 0.618. The summed E-state index contributed by atoms with van der Waals surface area (Å²) in [6.07, 6.45) is 15.3. The fourth-order valence-electron chi connectivity index (χ4n) is 9.10. The summed E-state index contributed by atoms with van der Waals surface area (Å²) in [4.78, 5) is 14.7. The number of hydrogen-bond acceptors (Lipinski definition) is 3. The first-order valence-electron chi connectivity index (χ1n) is 13.5. The van der Waals surface area contributed by atoms with Crippen LogP contribution < -0.4 is 0 Å². The van der Waals surface area contributed by atoms with Gasteiger partial charge in [0.25, 0.3) is 0 Å². The van der Waals surface area contributed by atoms with E-state index in [0.717, 1.165) is 56.0 Å². The second-order valence-corrected chi connectivity index (χ2v) is 12.5. The standard InChI is InChI=1S/C28H45NO3/c1-19(4-9-26(31)29-14-16-32-17-15-29)23-7-8-24-22-6-5-20-18-21(30)10-12-27(20,2)25(22)11-13-28(23,24)3/h5-6,19-25,30H,4,7-18H2,1-3H3. The first-order chi connectivity index (χ1) is 15.3. The van der Waals surface area contributed by atoms with Crippen LogP contribution in [-0.2, 0) is 9.53 Å². The Hall–Kier alpha value is -0.870. The highest BCUT2D eigenvalue weighted by Gasteiger charge is 2.59. The lowest BCUT2D eigenvalue weighted by Crippen LogP contribution is -2.52. The van der Waals surface area contributed by atoms with Gasteiger partial charge in [0.15, 0.2) is 0 Å². The number of nitrogens with zero attached hydrogens (tertiary/aromatic N) is 1. The molecule has 3 saturated carbocycles. The minimum atomic E-state index is -0.0972. The molecule has 0 radical (unpaired) electrons. The van der Waals surface area contributed by atoms with E-state index in [-0.39, 0.29) is 6.10 Å². The molecule has 32 heavy (non-hydrogen) atoms. The maximum absolute atomic E-state index is 12.7. The van der Waals surface area contributed by atoms with E-state index in [9.17, 15) is 9.90 Å². The average Bonchev–Trinajstić information content (AvgIpc) is 3.15. The van der Waals surface area contributed by atoms with E-state index in [1.54, 1.807) is 0 Å². The van der Waals surface area contributed by atoms with E-state index in [1.165, 1.54) is 32.1 Å².